The second-order valence-electron chi connectivity index (χ2n) is 3.01. The van der Waals surface area contributed by atoms with Gasteiger partial charge in [0.15, 0.2) is 16.7 Å². The fourth-order valence-electron chi connectivity index (χ4n) is 1.34. The van der Waals surface area contributed by atoms with Crippen molar-refractivity contribution in [2.24, 2.45) is 0 Å². The maximum atomic E-state index is 13.4. The van der Waals surface area contributed by atoms with E-state index in [1.807, 2.05) is 0 Å². The first-order valence-corrected chi connectivity index (χ1v) is 5.25. The maximum absolute atomic E-state index is 13.4. The number of thiazole rings is 1. The second-order valence-corrected chi connectivity index (χ2v) is 3.90. The largest absolute Gasteiger partial charge is 0.493 e. The van der Waals surface area contributed by atoms with E-state index in [0.717, 1.165) is 6.07 Å². The number of rotatable bonds is 2. The van der Waals surface area contributed by atoms with Crippen LogP contribution < -0.4 is 10.5 Å². The average Bonchev–Trinajstić information content (AvgIpc) is 2.68. The lowest BCUT2D eigenvalue weighted by molar-refractivity contribution is 0.373. The van der Waals surface area contributed by atoms with Crippen molar-refractivity contribution in [3.63, 3.8) is 0 Å². The fourth-order valence-corrected chi connectivity index (χ4v) is 1.91. The smallest absolute Gasteiger partial charge is 0.201 e. The molecule has 3 nitrogen and oxygen atoms in total. The Kier molecular flexibility index (Phi) is 2.74. The first-order chi connectivity index (χ1) is 7.63. The molecule has 0 aliphatic rings. The van der Waals surface area contributed by atoms with E-state index in [9.17, 15) is 8.78 Å². The Hall–Kier alpha value is -1.69. The molecule has 2 aromatic rings. The molecule has 2 N–H and O–H groups in total. The number of benzene rings is 1. The van der Waals surface area contributed by atoms with Crippen molar-refractivity contribution >= 4 is 16.5 Å². The summed E-state index contributed by atoms with van der Waals surface area (Å²) < 4.78 is 31.2. The molecule has 0 spiro atoms. The summed E-state index contributed by atoms with van der Waals surface area (Å²) in [6.07, 6.45) is 0. The highest BCUT2D eigenvalue weighted by Gasteiger charge is 2.16. The van der Waals surface area contributed by atoms with Crippen molar-refractivity contribution in [1.82, 2.24) is 4.98 Å². The molecule has 6 heteroatoms. The summed E-state index contributed by atoms with van der Waals surface area (Å²) >= 11 is 1.22. The lowest BCUT2D eigenvalue weighted by Gasteiger charge is -2.07. The van der Waals surface area contributed by atoms with E-state index >= 15 is 0 Å². The fraction of sp³-hybridized carbons (Fsp3) is 0.100. The Morgan fingerprint density at radius 1 is 1.38 bits per heavy atom. The first kappa shape index (κ1) is 10.8. The molecule has 1 aromatic heterocycles. The molecular weight excluding hydrogens is 234 g/mol. The molecule has 0 radical (unpaired) electrons. The quantitative estimate of drug-likeness (QED) is 0.880. The van der Waals surface area contributed by atoms with Crippen molar-refractivity contribution in [2.75, 3.05) is 12.8 Å². The monoisotopic (exact) mass is 242 g/mol. The standard InChI is InChI=1S/C10H8F2N2OS/c1-15-9-5(2-3-6(11)8(9)12)7-4-16-10(13)14-7/h2-4H,1H3,(H2,13,14). The second kappa shape index (κ2) is 4.05. The molecule has 1 aromatic carbocycles. The summed E-state index contributed by atoms with van der Waals surface area (Å²) in [5, 5.41) is 2.02. The van der Waals surface area contributed by atoms with Crippen LogP contribution in [0.3, 0.4) is 0 Å². The molecule has 16 heavy (non-hydrogen) atoms. The summed E-state index contributed by atoms with van der Waals surface area (Å²) in [4.78, 5) is 3.99. The number of aromatic nitrogens is 1. The van der Waals surface area contributed by atoms with Crippen LogP contribution in [0.15, 0.2) is 17.5 Å². The third-order valence-corrected chi connectivity index (χ3v) is 2.73. The zero-order valence-electron chi connectivity index (χ0n) is 8.33. The van der Waals surface area contributed by atoms with Gasteiger partial charge in [-0.1, -0.05) is 0 Å². The van der Waals surface area contributed by atoms with Gasteiger partial charge in [0.05, 0.1) is 12.8 Å². The molecule has 0 atom stereocenters. The number of nitrogens with zero attached hydrogens (tertiary/aromatic N) is 1. The molecule has 0 fully saturated rings. The highest BCUT2D eigenvalue weighted by atomic mass is 32.1. The minimum Gasteiger partial charge on any atom is -0.493 e. The van der Waals surface area contributed by atoms with Crippen LogP contribution in [0.1, 0.15) is 0 Å². The summed E-state index contributed by atoms with van der Waals surface area (Å²) in [6.45, 7) is 0. The number of halogens is 2. The lowest BCUT2D eigenvalue weighted by Crippen LogP contribution is -1.95. The van der Waals surface area contributed by atoms with Crippen molar-refractivity contribution < 1.29 is 13.5 Å². The summed E-state index contributed by atoms with van der Waals surface area (Å²) in [5.41, 5.74) is 6.33. The van der Waals surface area contributed by atoms with E-state index in [4.69, 9.17) is 10.5 Å². The predicted molar refractivity (Wildman–Crippen MR) is 58.4 cm³/mol. The molecule has 0 aliphatic heterocycles. The van der Waals surface area contributed by atoms with Crippen molar-refractivity contribution in [3.05, 3.63) is 29.1 Å². The van der Waals surface area contributed by atoms with E-state index in [2.05, 4.69) is 4.98 Å². The number of nitrogens with two attached hydrogens (primary N) is 1. The molecule has 1 heterocycles. The summed E-state index contributed by atoms with van der Waals surface area (Å²) in [5.74, 6) is -2.14. The van der Waals surface area contributed by atoms with E-state index in [1.54, 1.807) is 5.38 Å². The van der Waals surface area contributed by atoms with Gasteiger partial charge in [-0.15, -0.1) is 11.3 Å². The summed E-state index contributed by atoms with van der Waals surface area (Å²) in [7, 11) is 1.27. The Balaban J connectivity index is 2.61. The molecule has 0 saturated carbocycles. The van der Waals surface area contributed by atoms with Gasteiger partial charge < -0.3 is 10.5 Å². The van der Waals surface area contributed by atoms with Crippen molar-refractivity contribution in [2.45, 2.75) is 0 Å². The third-order valence-electron chi connectivity index (χ3n) is 2.05. The van der Waals surface area contributed by atoms with Crippen LogP contribution in [0.4, 0.5) is 13.9 Å². The van der Waals surface area contributed by atoms with Crippen LogP contribution in [-0.2, 0) is 0 Å². The molecule has 0 saturated heterocycles. The average molecular weight is 242 g/mol. The normalized spacial score (nSPS) is 10.4. The molecule has 2 rings (SSSR count). The number of nitrogen functional groups attached to an aromatic ring is 1. The van der Waals surface area contributed by atoms with Gasteiger partial charge in [-0.05, 0) is 12.1 Å². The zero-order chi connectivity index (χ0) is 11.7. The van der Waals surface area contributed by atoms with E-state index in [1.165, 1.54) is 24.5 Å². The van der Waals surface area contributed by atoms with Gasteiger partial charge in [-0.2, -0.15) is 4.39 Å². The van der Waals surface area contributed by atoms with Gasteiger partial charge >= 0.3 is 0 Å². The molecule has 84 valence electrons. The van der Waals surface area contributed by atoms with Crippen LogP contribution in [0.5, 0.6) is 5.75 Å². The van der Waals surface area contributed by atoms with Crippen LogP contribution >= 0.6 is 11.3 Å². The SMILES string of the molecule is COc1c(-c2csc(N)n2)ccc(F)c1F. The first-order valence-electron chi connectivity index (χ1n) is 4.37. The molecule has 0 aliphatic carbocycles. The molecule has 0 amide bonds. The number of hydrogen-bond donors (Lipinski definition) is 1. The highest BCUT2D eigenvalue weighted by molar-refractivity contribution is 7.13. The van der Waals surface area contributed by atoms with E-state index < -0.39 is 11.6 Å². The van der Waals surface area contributed by atoms with Crippen LogP contribution in [0.2, 0.25) is 0 Å². The predicted octanol–water partition coefficient (Wildman–Crippen LogP) is 2.68. The minimum absolute atomic E-state index is 0.162. The number of ether oxygens (including phenoxy) is 1. The Labute approximate surface area is 94.5 Å². The van der Waals surface area contributed by atoms with Gasteiger partial charge in [-0.25, -0.2) is 9.37 Å². The summed E-state index contributed by atoms with van der Waals surface area (Å²) in [6, 6.07) is 2.44. The van der Waals surface area contributed by atoms with E-state index in [0.29, 0.717) is 16.4 Å². The highest BCUT2D eigenvalue weighted by Crippen LogP contribution is 2.34. The Morgan fingerprint density at radius 2 is 2.12 bits per heavy atom. The number of methoxy groups -OCH3 is 1. The van der Waals surface area contributed by atoms with Gasteiger partial charge in [0, 0.05) is 10.9 Å². The van der Waals surface area contributed by atoms with Gasteiger partial charge in [-0.3, -0.25) is 0 Å². The van der Waals surface area contributed by atoms with E-state index in [-0.39, 0.29) is 5.75 Å². The van der Waals surface area contributed by atoms with Crippen molar-refractivity contribution in [1.29, 1.82) is 0 Å². The number of anilines is 1. The van der Waals surface area contributed by atoms with Gasteiger partial charge in [0.2, 0.25) is 5.82 Å². The number of hydrogen-bond acceptors (Lipinski definition) is 4. The van der Waals surface area contributed by atoms with Gasteiger partial charge in [0.1, 0.15) is 0 Å². The van der Waals surface area contributed by atoms with Crippen LogP contribution in [-0.4, -0.2) is 12.1 Å². The van der Waals surface area contributed by atoms with Gasteiger partial charge in [0.25, 0.3) is 0 Å². The molecular formula is C10H8F2N2OS. The topological polar surface area (TPSA) is 48.1 Å². The van der Waals surface area contributed by atoms with Crippen molar-refractivity contribution in [3.8, 4) is 17.0 Å². The molecule has 0 unspecified atom stereocenters. The molecule has 0 bridgehead atoms. The zero-order valence-corrected chi connectivity index (χ0v) is 9.15. The third kappa shape index (κ3) is 1.71. The minimum atomic E-state index is -1.02. The van der Waals surface area contributed by atoms with Crippen LogP contribution in [0.25, 0.3) is 11.3 Å². The Bertz CT molecular complexity index is 528. The lowest BCUT2D eigenvalue weighted by atomic mass is 10.1. The Morgan fingerprint density at radius 3 is 2.69 bits per heavy atom. The maximum Gasteiger partial charge on any atom is 0.201 e. The van der Waals surface area contributed by atoms with Crippen LogP contribution in [0, 0.1) is 11.6 Å².